The van der Waals surface area contributed by atoms with E-state index >= 15 is 0 Å². The van der Waals surface area contributed by atoms with Gasteiger partial charge in [0.25, 0.3) is 0 Å². The van der Waals surface area contributed by atoms with Crippen LogP contribution in [0.15, 0.2) is 0 Å². The van der Waals surface area contributed by atoms with Crippen molar-refractivity contribution < 1.29 is 0 Å². The van der Waals surface area contributed by atoms with Crippen LogP contribution < -0.4 is 0 Å². The van der Waals surface area contributed by atoms with Crippen LogP contribution in [0.2, 0.25) is 0 Å². The fraction of sp³-hybridized carbons (Fsp3) is 1.00. The highest BCUT2D eigenvalue weighted by molar-refractivity contribution is 4.99. The summed E-state index contributed by atoms with van der Waals surface area (Å²) < 4.78 is 0. The molecule has 0 heterocycles. The summed E-state index contributed by atoms with van der Waals surface area (Å²) in [6.07, 6.45) is 16.9. The lowest BCUT2D eigenvalue weighted by atomic mass is 9.51. The summed E-state index contributed by atoms with van der Waals surface area (Å²) in [7, 11) is 0. The van der Waals surface area contributed by atoms with Crippen LogP contribution in [0, 0.1) is 59.6 Å². The Kier molecular flexibility index (Phi) is 18.2. The second kappa shape index (κ2) is 17.4. The van der Waals surface area contributed by atoms with Crippen LogP contribution in [0.4, 0.5) is 0 Å². The van der Waals surface area contributed by atoms with Gasteiger partial charge in [-0.1, -0.05) is 199 Å². The minimum absolute atomic E-state index is 0.403. The first-order valence-corrected chi connectivity index (χ1v) is 21.0. The van der Waals surface area contributed by atoms with Gasteiger partial charge < -0.3 is 0 Å². The minimum Gasteiger partial charge on any atom is -0.0602 e. The van der Waals surface area contributed by atoms with Gasteiger partial charge in [-0.2, -0.15) is 0 Å². The Morgan fingerprint density at radius 1 is 0.327 bits per heavy atom. The van der Waals surface area contributed by atoms with E-state index in [1.165, 1.54) is 77.0 Å². The van der Waals surface area contributed by atoms with E-state index in [1.807, 2.05) is 0 Å². The molecule has 0 radical (unpaired) electrons. The maximum atomic E-state index is 2.43. The first-order chi connectivity index (χ1) is 21.0. The van der Waals surface area contributed by atoms with Gasteiger partial charge in [-0.05, 0) is 117 Å². The van der Waals surface area contributed by atoms with E-state index in [4.69, 9.17) is 0 Å². The van der Waals surface area contributed by atoms with Gasteiger partial charge in [0.1, 0.15) is 0 Å². The molecule has 0 aliphatic heterocycles. The molecule has 0 aromatic rings. The Balaban J connectivity index is 0. The largest absolute Gasteiger partial charge is 0.0602 e. The molecule has 298 valence electrons. The molecule has 0 bridgehead atoms. The van der Waals surface area contributed by atoms with E-state index in [2.05, 4.69) is 180 Å². The van der Waals surface area contributed by atoms with Gasteiger partial charge in [-0.25, -0.2) is 0 Å². The van der Waals surface area contributed by atoms with Crippen molar-refractivity contribution in [3.8, 4) is 0 Å². The SMILES string of the molecule is CC(C)(C)CC(C)(C)C(C)(C)C.CC(C)(C)CC1(C(C)(C)C)CCC1.CC(C)(C)CC1(C(C)(C)C)CCCC1.CC(C)(C)CCC(C)(C)C. The highest BCUT2D eigenvalue weighted by Crippen LogP contribution is 2.59. The summed E-state index contributed by atoms with van der Waals surface area (Å²) in [5.41, 5.74) is 5.50. The van der Waals surface area contributed by atoms with E-state index in [0.29, 0.717) is 59.6 Å². The highest BCUT2D eigenvalue weighted by atomic mass is 14.5. The summed E-state index contributed by atoms with van der Waals surface area (Å²) >= 11 is 0. The molecular weight excluding hydrogens is 589 g/mol. The second-order valence-corrected chi connectivity index (χ2v) is 27.1. The molecule has 0 unspecified atom stereocenters. The molecule has 0 aromatic carbocycles. The Labute approximate surface area is 315 Å². The molecule has 0 atom stereocenters. The zero-order valence-electron chi connectivity index (χ0n) is 40.0. The molecule has 0 saturated heterocycles. The molecule has 0 N–H and O–H groups in total. The fourth-order valence-electron chi connectivity index (χ4n) is 8.41. The van der Waals surface area contributed by atoms with E-state index < -0.39 is 0 Å². The van der Waals surface area contributed by atoms with Gasteiger partial charge in [0.15, 0.2) is 0 Å². The van der Waals surface area contributed by atoms with Crippen molar-refractivity contribution >= 4 is 0 Å². The van der Waals surface area contributed by atoms with Crippen LogP contribution in [-0.4, -0.2) is 0 Å². The minimum atomic E-state index is 0.403. The number of hydrogen-bond donors (Lipinski definition) is 0. The fourth-order valence-corrected chi connectivity index (χ4v) is 8.41. The Morgan fingerprint density at radius 3 is 0.714 bits per heavy atom. The number of rotatable bonds is 4. The van der Waals surface area contributed by atoms with Crippen molar-refractivity contribution in [1.82, 2.24) is 0 Å². The van der Waals surface area contributed by atoms with Crippen molar-refractivity contribution in [3.05, 3.63) is 0 Å². The van der Waals surface area contributed by atoms with Crippen LogP contribution >= 0.6 is 0 Å². The van der Waals surface area contributed by atoms with E-state index in [-0.39, 0.29) is 0 Å². The third kappa shape index (κ3) is 21.3. The molecule has 2 saturated carbocycles. The lowest BCUT2D eigenvalue weighted by Gasteiger charge is -2.54. The highest BCUT2D eigenvalue weighted by Gasteiger charge is 2.48. The molecule has 0 aromatic heterocycles. The first kappa shape index (κ1) is 51.1. The number of hydrogen-bond acceptors (Lipinski definition) is 0. The van der Waals surface area contributed by atoms with Crippen molar-refractivity contribution in [3.63, 3.8) is 0 Å². The third-order valence-electron chi connectivity index (χ3n) is 12.4. The molecule has 2 fully saturated rings. The van der Waals surface area contributed by atoms with Gasteiger partial charge in [0, 0.05) is 0 Å². The predicted molar refractivity (Wildman–Crippen MR) is 230 cm³/mol. The molecule has 0 nitrogen and oxygen atoms in total. The molecular formula is C49H102. The summed E-state index contributed by atoms with van der Waals surface area (Å²) in [5, 5.41) is 0. The van der Waals surface area contributed by atoms with Gasteiger partial charge >= 0.3 is 0 Å². The summed E-state index contributed by atoms with van der Waals surface area (Å²) in [4.78, 5) is 0. The zero-order chi connectivity index (χ0) is 40.0. The topological polar surface area (TPSA) is 0 Å². The monoisotopic (exact) mass is 691 g/mol. The standard InChI is InChI=1S/C14H28.C13H26.C12H26.C10H22/c1-12(2,3)11-14(13(4,5)6)9-7-8-10-14;1-11(2,3)10-13(8-7-9-13)12(4,5)6;1-10(2,3)9-12(7,8)11(4,5)6;1-9(2,3)7-8-10(4,5)6/h7-11H2,1-6H3;7-10H2,1-6H3;9H2,1-8H3;7-8H2,1-6H3. The zero-order valence-corrected chi connectivity index (χ0v) is 40.0. The summed E-state index contributed by atoms with van der Waals surface area (Å²) in [6, 6.07) is 0. The Bertz CT molecular complexity index is 872. The summed E-state index contributed by atoms with van der Waals surface area (Å²) in [6.45, 7) is 61.4. The van der Waals surface area contributed by atoms with Crippen LogP contribution in [0.1, 0.15) is 257 Å². The maximum Gasteiger partial charge on any atom is -0.0244 e. The Morgan fingerprint density at radius 2 is 0.592 bits per heavy atom. The molecule has 2 rings (SSSR count). The molecule has 0 spiro atoms. The Hall–Kier alpha value is 0. The molecule has 2 aliphatic carbocycles. The predicted octanol–water partition coefficient (Wildman–Crippen LogP) is 18.0. The van der Waals surface area contributed by atoms with E-state index in [0.717, 1.165) is 0 Å². The molecule has 2 aliphatic rings. The van der Waals surface area contributed by atoms with E-state index in [1.54, 1.807) is 0 Å². The quantitative estimate of drug-likeness (QED) is 0.275. The average Bonchev–Trinajstić information content (AvgIpc) is 3.20. The van der Waals surface area contributed by atoms with Crippen molar-refractivity contribution in [1.29, 1.82) is 0 Å². The normalized spacial score (nSPS) is 19.0. The lowest BCUT2D eigenvalue weighted by molar-refractivity contribution is -0.0396. The van der Waals surface area contributed by atoms with Crippen molar-refractivity contribution in [2.24, 2.45) is 59.6 Å². The van der Waals surface area contributed by atoms with Crippen LogP contribution in [0.25, 0.3) is 0 Å². The van der Waals surface area contributed by atoms with Crippen LogP contribution in [0.5, 0.6) is 0 Å². The first-order valence-electron chi connectivity index (χ1n) is 21.0. The van der Waals surface area contributed by atoms with Crippen LogP contribution in [0.3, 0.4) is 0 Å². The molecule has 0 heteroatoms. The van der Waals surface area contributed by atoms with Gasteiger partial charge in [0.2, 0.25) is 0 Å². The summed E-state index contributed by atoms with van der Waals surface area (Å²) in [5.74, 6) is 0. The van der Waals surface area contributed by atoms with Gasteiger partial charge in [0.05, 0.1) is 0 Å². The lowest BCUT2D eigenvalue weighted by Crippen LogP contribution is -2.44. The van der Waals surface area contributed by atoms with E-state index in [9.17, 15) is 0 Å². The third-order valence-corrected chi connectivity index (χ3v) is 12.4. The maximum absolute atomic E-state index is 2.43. The second-order valence-electron chi connectivity index (χ2n) is 27.1. The molecule has 0 amide bonds. The van der Waals surface area contributed by atoms with Crippen LogP contribution in [-0.2, 0) is 0 Å². The van der Waals surface area contributed by atoms with Gasteiger partial charge in [-0.3, -0.25) is 0 Å². The average molecular weight is 691 g/mol. The smallest absolute Gasteiger partial charge is 0.0244 e. The van der Waals surface area contributed by atoms with Crippen molar-refractivity contribution in [2.75, 3.05) is 0 Å². The van der Waals surface area contributed by atoms with Crippen molar-refractivity contribution in [2.45, 2.75) is 257 Å². The van der Waals surface area contributed by atoms with Gasteiger partial charge in [-0.15, -0.1) is 0 Å². The molecule has 49 heavy (non-hydrogen) atoms.